The molecule has 0 saturated carbocycles. The van der Waals surface area contributed by atoms with E-state index in [0.29, 0.717) is 29.6 Å². The minimum Gasteiger partial charge on any atom is -0.486 e. The first-order valence-electron chi connectivity index (χ1n) is 6.87. The summed E-state index contributed by atoms with van der Waals surface area (Å²) in [5.41, 5.74) is 4.78. The maximum Gasteiger partial charge on any atom is 0.279 e. The molecular weight excluding hydrogens is 336 g/mol. The number of nitrogens with one attached hydrogen (secondary N) is 2. The molecule has 1 aromatic heterocycles. The number of ether oxygens (including phenoxy) is 2. The van der Waals surface area contributed by atoms with Gasteiger partial charge in [-0.2, -0.15) is 0 Å². The summed E-state index contributed by atoms with van der Waals surface area (Å²) in [7, 11) is 0. The van der Waals surface area contributed by atoms with Crippen LogP contribution in [-0.2, 0) is 4.79 Å². The summed E-state index contributed by atoms with van der Waals surface area (Å²) in [6, 6.07) is 9.01. The van der Waals surface area contributed by atoms with Gasteiger partial charge >= 0.3 is 0 Å². The zero-order valence-electron chi connectivity index (χ0n) is 12.0. The number of rotatable bonds is 4. The number of thiophene rings is 1. The third-order valence-corrected chi connectivity index (χ3v) is 4.81. The normalized spacial score (nSPS) is 12.5. The molecule has 0 fully saturated rings. The van der Waals surface area contributed by atoms with E-state index in [1.807, 2.05) is 18.2 Å². The number of hydrazine groups is 1. The lowest BCUT2D eigenvalue weighted by Crippen LogP contribution is -2.42. The van der Waals surface area contributed by atoms with Crippen molar-refractivity contribution in [1.82, 2.24) is 10.9 Å². The van der Waals surface area contributed by atoms with E-state index in [1.165, 1.54) is 23.1 Å². The molecule has 23 heavy (non-hydrogen) atoms. The number of thioether (sulfide) groups is 1. The molecule has 0 unspecified atom stereocenters. The van der Waals surface area contributed by atoms with E-state index in [0.717, 1.165) is 4.90 Å². The Morgan fingerprint density at radius 3 is 2.74 bits per heavy atom. The molecule has 2 aromatic rings. The predicted molar refractivity (Wildman–Crippen MR) is 88.1 cm³/mol. The Kier molecular flexibility index (Phi) is 5.04. The molecule has 0 aliphatic carbocycles. The van der Waals surface area contributed by atoms with Crippen molar-refractivity contribution in [2.75, 3.05) is 19.0 Å². The second-order valence-corrected chi connectivity index (χ2v) is 6.57. The number of hydrogen-bond donors (Lipinski definition) is 2. The molecule has 0 bridgehead atoms. The summed E-state index contributed by atoms with van der Waals surface area (Å²) in [5.74, 6) is 0.984. The Bertz CT molecular complexity index is 704. The van der Waals surface area contributed by atoms with Crippen molar-refractivity contribution < 1.29 is 19.1 Å². The Morgan fingerprint density at radius 1 is 1.13 bits per heavy atom. The Morgan fingerprint density at radius 2 is 1.96 bits per heavy atom. The molecule has 2 N–H and O–H groups in total. The van der Waals surface area contributed by atoms with E-state index >= 15 is 0 Å². The number of hydrogen-bond acceptors (Lipinski definition) is 6. The summed E-state index contributed by atoms with van der Waals surface area (Å²) in [6.07, 6.45) is 0. The fourth-order valence-electron chi connectivity index (χ4n) is 1.89. The first kappa shape index (κ1) is 15.7. The standard InChI is InChI=1S/C15H14N2O4S2/c18-14(16-17-15(19)13-2-1-7-22-13)9-23-10-3-4-11-12(8-10)21-6-5-20-11/h1-4,7-8H,5-6,9H2,(H,16,18)(H,17,19). The number of carbonyl (C=O) groups excluding carboxylic acids is 2. The fourth-order valence-corrected chi connectivity index (χ4v) is 3.24. The van der Waals surface area contributed by atoms with Crippen molar-refractivity contribution in [3.8, 4) is 11.5 Å². The molecule has 2 heterocycles. The van der Waals surface area contributed by atoms with Gasteiger partial charge in [-0.3, -0.25) is 20.4 Å². The van der Waals surface area contributed by atoms with Gasteiger partial charge in [0.2, 0.25) is 5.91 Å². The van der Waals surface area contributed by atoms with Crippen LogP contribution in [0, 0.1) is 0 Å². The Labute approximate surface area is 141 Å². The molecule has 0 atom stereocenters. The molecule has 8 heteroatoms. The Hall–Kier alpha value is -2.19. The maximum atomic E-state index is 11.8. The summed E-state index contributed by atoms with van der Waals surface area (Å²) < 4.78 is 10.9. The van der Waals surface area contributed by atoms with E-state index in [-0.39, 0.29) is 17.6 Å². The molecule has 0 spiro atoms. The summed E-state index contributed by atoms with van der Waals surface area (Å²) in [4.78, 5) is 24.9. The molecule has 0 saturated heterocycles. The van der Waals surface area contributed by atoms with Crippen LogP contribution in [0.25, 0.3) is 0 Å². The first-order chi connectivity index (χ1) is 11.2. The molecule has 1 aromatic carbocycles. The summed E-state index contributed by atoms with van der Waals surface area (Å²) >= 11 is 2.67. The van der Waals surface area contributed by atoms with Crippen LogP contribution < -0.4 is 20.3 Å². The van der Waals surface area contributed by atoms with Gasteiger partial charge in [-0.05, 0) is 29.6 Å². The topological polar surface area (TPSA) is 76.7 Å². The second kappa shape index (κ2) is 7.38. The monoisotopic (exact) mass is 350 g/mol. The van der Waals surface area contributed by atoms with Crippen LogP contribution in [0.5, 0.6) is 11.5 Å². The number of benzene rings is 1. The number of amides is 2. The lowest BCUT2D eigenvalue weighted by atomic mass is 10.3. The molecule has 3 rings (SSSR count). The molecule has 6 nitrogen and oxygen atoms in total. The van der Waals surface area contributed by atoms with Crippen molar-refractivity contribution in [2.45, 2.75) is 4.90 Å². The van der Waals surface area contributed by atoms with Crippen molar-refractivity contribution in [2.24, 2.45) is 0 Å². The van der Waals surface area contributed by atoms with Crippen LogP contribution in [0.15, 0.2) is 40.6 Å². The van der Waals surface area contributed by atoms with Crippen molar-refractivity contribution in [3.05, 3.63) is 40.6 Å². The summed E-state index contributed by atoms with van der Waals surface area (Å²) in [6.45, 7) is 1.07. The van der Waals surface area contributed by atoms with Crippen LogP contribution in [0.2, 0.25) is 0 Å². The van der Waals surface area contributed by atoms with Crippen LogP contribution in [-0.4, -0.2) is 30.8 Å². The predicted octanol–water partition coefficient (Wildman–Crippen LogP) is 2.07. The SMILES string of the molecule is O=C(CSc1ccc2c(c1)OCCO2)NNC(=O)c1cccs1. The largest absolute Gasteiger partial charge is 0.486 e. The van der Waals surface area contributed by atoms with E-state index in [2.05, 4.69) is 10.9 Å². The fraction of sp³-hybridized carbons (Fsp3) is 0.200. The van der Waals surface area contributed by atoms with Crippen LogP contribution in [0.1, 0.15) is 9.67 Å². The molecule has 1 aliphatic rings. The average molecular weight is 350 g/mol. The van der Waals surface area contributed by atoms with Crippen LogP contribution in [0.3, 0.4) is 0 Å². The van der Waals surface area contributed by atoms with Gasteiger partial charge in [-0.25, -0.2) is 0 Å². The van der Waals surface area contributed by atoms with E-state index < -0.39 is 0 Å². The number of carbonyl (C=O) groups is 2. The van der Waals surface area contributed by atoms with Gasteiger partial charge in [-0.1, -0.05) is 6.07 Å². The van der Waals surface area contributed by atoms with E-state index in [1.54, 1.807) is 17.5 Å². The molecule has 1 aliphatic heterocycles. The van der Waals surface area contributed by atoms with Gasteiger partial charge in [0.05, 0.1) is 10.6 Å². The lowest BCUT2D eigenvalue weighted by molar-refractivity contribution is -0.119. The minimum absolute atomic E-state index is 0.185. The van der Waals surface area contributed by atoms with Gasteiger partial charge in [0, 0.05) is 4.90 Å². The van der Waals surface area contributed by atoms with Crippen molar-refractivity contribution in [1.29, 1.82) is 0 Å². The number of fused-ring (bicyclic) bond motifs is 1. The Balaban J connectivity index is 1.46. The van der Waals surface area contributed by atoms with Gasteiger partial charge in [0.1, 0.15) is 13.2 Å². The third-order valence-electron chi connectivity index (χ3n) is 2.94. The summed E-state index contributed by atoms with van der Waals surface area (Å²) in [5, 5.41) is 1.80. The smallest absolute Gasteiger partial charge is 0.279 e. The lowest BCUT2D eigenvalue weighted by Gasteiger charge is -2.18. The van der Waals surface area contributed by atoms with Crippen LogP contribution in [0.4, 0.5) is 0 Å². The second-order valence-electron chi connectivity index (χ2n) is 4.57. The third kappa shape index (κ3) is 4.17. The van der Waals surface area contributed by atoms with Gasteiger partial charge in [-0.15, -0.1) is 23.1 Å². The zero-order chi connectivity index (χ0) is 16.1. The molecule has 0 radical (unpaired) electrons. The zero-order valence-corrected chi connectivity index (χ0v) is 13.7. The van der Waals surface area contributed by atoms with E-state index in [4.69, 9.17) is 9.47 Å². The minimum atomic E-state index is -0.322. The van der Waals surface area contributed by atoms with Crippen LogP contribution >= 0.6 is 23.1 Å². The van der Waals surface area contributed by atoms with E-state index in [9.17, 15) is 9.59 Å². The van der Waals surface area contributed by atoms with Crippen molar-refractivity contribution in [3.63, 3.8) is 0 Å². The highest BCUT2D eigenvalue weighted by molar-refractivity contribution is 8.00. The molecule has 120 valence electrons. The molecule has 2 amide bonds. The average Bonchev–Trinajstić information content (AvgIpc) is 3.12. The molecular formula is C15H14N2O4S2. The first-order valence-corrected chi connectivity index (χ1v) is 8.74. The van der Waals surface area contributed by atoms with Crippen molar-refractivity contribution >= 4 is 34.9 Å². The van der Waals surface area contributed by atoms with Gasteiger partial charge in [0.15, 0.2) is 11.5 Å². The quantitative estimate of drug-likeness (QED) is 0.652. The maximum absolute atomic E-state index is 11.8. The van der Waals surface area contributed by atoms with Gasteiger partial charge < -0.3 is 9.47 Å². The van der Waals surface area contributed by atoms with Gasteiger partial charge in [0.25, 0.3) is 5.91 Å². The highest BCUT2D eigenvalue weighted by Gasteiger charge is 2.13. The highest BCUT2D eigenvalue weighted by atomic mass is 32.2. The highest BCUT2D eigenvalue weighted by Crippen LogP contribution is 2.34.